The summed E-state index contributed by atoms with van der Waals surface area (Å²) in [5.41, 5.74) is -0.0109. The van der Waals surface area contributed by atoms with Crippen LogP contribution in [-0.4, -0.2) is 35.2 Å². The third-order valence-corrected chi connectivity index (χ3v) is 6.66. The minimum atomic E-state index is -3.43. The van der Waals surface area contributed by atoms with Crippen LogP contribution in [0.5, 0.6) is 0 Å². The number of ether oxygens (including phenoxy) is 1. The fourth-order valence-corrected chi connectivity index (χ4v) is 5.28. The van der Waals surface area contributed by atoms with Crippen LogP contribution in [0.3, 0.4) is 0 Å². The van der Waals surface area contributed by atoms with Crippen LogP contribution < -0.4 is 10.0 Å². The molecule has 0 atom stereocenters. The summed E-state index contributed by atoms with van der Waals surface area (Å²) in [4.78, 5) is 2.28. The van der Waals surface area contributed by atoms with E-state index in [9.17, 15) is 8.42 Å². The molecule has 2 heterocycles. The molecule has 0 aliphatic carbocycles. The zero-order chi connectivity index (χ0) is 15.5. The highest BCUT2D eigenvalue weighted by molar-refractivity contribution is 7.89. The van der Waals surface area contributed by atoms with Gasteiger partial charge in [-0.25, -0.2) is 13.1 Å². The van der Waals surface area contributed by atoms with E-state index in [2.05, 4.69) is 17.0 Å². The lowest BCUT2D eigenvalue weighted by Crippen LogP contribution is -2.39. The number of hydrogen-bond acceptors (Lipinski definition) is 5. The molecule has 5 nitrogen and oxygen atoms in total. The van der Waals surface area contributed by atoms with Crippen LogP contribution >= 0.6 is 11.3 Å². The van der Waals surface area contributed by atoms with E-state index in [1.807, 2.05) is 14.0 Å². The lowest BCUT2D eigenvalue weighted by atomic mass is 9.83. The minimum Gasteiger partial charge on any atom is -0.381 e. The highest BCUT2D eigenvalue weighted by atomic mass is 32.2. The van der Waals surface area contributed by atoms with Gasteiger partial charge in [-0.3, -0.25) is 0 Å². The summed E-state index contributed by atoms with van der Waals surface area (Å²) >= 11 is 1.52. The van der Waals surface area contributed by atoms with Crippen molar-refractivity contribution >= 4 is 21.4 Å². The molecule has 1 aromatic heterocycles. The molecule has 2 N–H and O–H groups in total. The molecular weight excluding hydrogens is 308 g/mol. The van der Waals surface area contributed by atoms with E-state index in [-0.39, 0.29) is 5.41 Å². The molecule has 2 rings (SSSR count). The van der Waals surface area contributed by atoms with Gasteiger partial charge in [0.25, 0.3) is 0 Å². The van der Waals surface area contributed by atoms with Crippen LogP contribution in [-0.2, 0) is 21.3 Å². The summed E-state index contributed by atoms with van der Waals surface area (Å²) in [7, 11) is -1.58. The number of sulfonamides is 1. The Labute approximate surface area is 131 Å². The fraction of sp³-hybridized carbons (Fsp3) is 0.714. The number of nitrogens with one attached hydrogen (secondary N) is 2. The van der Waals surface area contributed by atoms with Gasteiger partial charge in [-0.1, -0.05) is 6.92 Å². The van der Waals surface area contributed by atoms with E-state index in [1.165, 1.54) is 11.3 Å². The topological polar surface area (TPSA) is 67.4 Å². The summed E-state index contributed by atoms with van der Waals surface area (Å²) in [5.74, 6) is 0. The molecule has 0 spiro atoms. The molecule has 0 amide bonds. The molecule has 21 heavy (non-hydrogen) atoms. The van der Waals surface area contributed by atoms with Crippen molar-refractivity contribution in [2.24, 2.45) is 5.41 Å². The second kappa shape index (κ2) is 6.75. The monoisotopic (exact) mass is 332 g/mol. The van der Waals surface area contributed by atoms with Crippen LogP contribution in [0.1, 0.15) is 29.5 Å². The normalized spacial score (nSPS) is 18.8. The van der Waals surface area contributed by atoms with Gasteiger partial charge in [0, 0.05) is 36.1 Å². The smallest absolute Gasteiger partial charge is 0.241 e. The quantitative estimate of drug-likeness (QED) is 0.834. The minimum absolute atomic E-state index is 0.0109. The maximum atomic E-state index is 12.5. The molecule has 1 aromatic rings. The zero-order valence-corrected chi connectivity index (χ0v) is 14.5. The van der Waals surface area contributed by atoms with Crippen molar-refractivity contribution in [2.75, 3.05) is 26.8 Å². The molecule has 1 saturated heterocycles. The predicted molar refractivity (Wildman–Crippen MR) is 85.2 cm³/mol. The van der Waals surface area contributed by atoms with E-state index in [4.69, 9.17) is 4.74 Å². The number of hydrogen-bond donors (Lipinski definition) is 2. The first-order valence-electron chi connectivity index (χ1n) is 7.18. The molecule has 0 bridgehead atoms. The van der Waals surface area contributed by atoms with E-state index in [0.717, 1.165) is 22.6 Å². The Hall–Kier alpha value is -0.470. The number of rotatable bonds is 6. The van der Waals surface area contributed by atoms with Gasteiger partial charge in [-0.15, -0.1) is 11.3 Å². The summed E-state index contributed by atoms with van der Waals surface area (Å²) in [6.07, 6.45) is 1.78. The van der Waals surface area contributed by atoms with Gasteiger partial charge in [0.15, 0.2) is 0 Å². The van der Waals surface area contributed by atoms with Crippen molar-refractivity contribution < 1.29 is 13.2 Å². The SMILES string of the molecule is CNCc1cc(S(=O)(=O)NCC2(C)CCOCC2)c(C)s1. The van der Waals surface area contributed by atoms with Crippen molar-refractivity contribution in [3.8, 4) is 0 Å². The van der Waals surface area contributed by atoms with Crippen molar-refractivity contribution in [2.45, 2.75) is 38.1 Å². The first-order valence-corrected chi connectivity index (χ1v) is 9.48. The van der Waals surface area contributed by atoms with Gasteiger partial charge < -0.3 is 10.1 Å². The molecule has 0 unspecified atom stereocenters. The molecule has 1 aliphatic heterocycles. The average molecular weight is 332 g/mol. The molecule has 1 fully saturated rings. The highest BCUT2D eigenvalue weighted by Crippen LogP contribution is 2.30. The molecule has 0 aromatic carbocycles. The molecule has 120 valence electrons. The second-order valence-electron chi connectivity index (χ2n) is 5.91. The summed E-state index contributed by atoms with van der Waals surface area (Å²) in [6.45, 7) is 6.55. The van der Waals surface area contributed by atoms with Gasteiger partial charge in [-0.2, -0.15) is 0 Å². The molecule has 7 heteroatoms. The van der Waals surface area contributed by atoms with Crippen molar-refractivity contribution in [3.63, 3.8) is 0 Å². The third kappa shape index (κ3) is 4.26. The molecule has 1 aliphatic rings. The van der Waals surface area contributed by atoms with E-state index in [1.54, 1.807) is 6.07 Å². The van der Waals surface area contributed by atoms with Crippen LogP contribution in [0.2, 0.25) is 0 Å². The second-order valence-corrected chi connectivity index (χ2v) is 8.99. The Balaban J connectivity index is 2.07. The molecule has 0 radical (unpaired) electrons. The van der Waals surface area contributed by atoms with Crippen molar-refractivity contribution in [1.29, 1.82) is 0 Å². The summed E-state index contributed by atoms with van der Waals surface area (Å²) in [6, 6.07) is 1.77. The first kappa shape index (κ1) is 16.9. The van der Waals surface area contributed by atoms with Crippen LogP contribution in [0.4, 0.5) is 0 Å². The molecular formula is C14H24N2O3S2. The third-order valence-electron chi connectivity index (χ3n) is 3.95. The van der Waals surface area contributed by atoms with Gasteiger partial charge in [0.05, 0.1) is 4.90 Å². The fourth-order valence-electron chi connectivity index (χ4n) is 2.44. The van der Waals surface area contributed by atoms with Crippen LogP contribution in [0.15, 0.2) is 11.0 Å². The Morgan fingerprint density at radius 2 is 2.05 bits per heavy atom. The zero-order valence-electron chi connectivity index (χ0n) is 12.9. The van der Waals surface area contributed by atoms with E-state index < -0.39 is 10.0 Å². The molecule has 0 saturated carbocycles. The van der Waals surface area contributed by atoms with Gasteiger partial charge in [0.1, 0.15) is 0 Å². The largest absolute Gasteiger partial charge is 0.381 e. The van der Waals surface area contributed by atoms with E-state index >= 15 is 0 Å². The maximum absolute atomic E-state index is 12.5. The summed E-state index contributed by atoms with van der Waals surface area (Å²) in [5, 5.41) is 3.05. The Kier molecular flexibility index (Phi) is 5.43. The van der Waals surface area contributed by atoms with E-state index in [0.29, 0.717) is 31.2 Å². The van der Waals surface area contributed by atoms with Gasteiger partial charge in [0.2, 0.25) is 10.0 Å². The van der Waals surface area contributed by atoms with Gasteiger partial charge in [-0.05, 0) is 38.3 Å². The lowest BCUT2D eigenvalue weighted by molar-refractivity contribution is 0.0264. The van der Waals surface area contributed by atoms with Crippen LogP contribution in [0.25, 0.3) is 0 Å². The number of aryl methyl sites for hydroxylation is 1. The first-order chi connectivity index (χ1) is 9.86. The Bertz CT molecular complexity index is 575. The van der Waals surface area contributed by atoms with Crippen molar-refractivity contribution in [1.82, 2.24) is 10.0 Å². The lowest BCUT2D eigenvalue weighted by Gasteiger charge is -2.33. The van der Waals surface area contributed by atoms with Crippen LogP contribution in [0, 0.1) is 12.3 Å². The van der Waals surface area contributed by atoms with Crippen molar-refractivity contribution in [3.05, 3.63) is 15.8 Å². The Morgan fingerprint density at radius 1 is 1.38 bits per heavy atom. The van der Waals surface area contributed by atoms with Gasteiger partial charge >= 0.3 is 0 Å². The Morgan fingerprint density at radius 3 is 2.67 bits per heavy atom. The highest BCUT2D eigenvalue weighted by Gasteiger charge is 2.30. The maximum Gasteiger partial charge on any atom is 0.241 e. The average Bonchev–Trinajstić information content (AvgIpc) is 2.80. The summed E-state index contributed by atoms with van der Waals surface area (Å²) < 4.78 is 33.1. The standard InChI is InChI=1S/C14H24N2O3S2/c1-11-13(8-12(20-11)9-15-3)21(17,18)16-10-14(2)4-6-19-7-5-14/h8,15-16H,4-7,9-10H2,1-3H3. The predicted octanol–water partition coefficient (Wildman–Crippen LogP) is 1.87. The number of thiophene rings is 1.